The number of halogens is 3. The number of nitrogens with zero attached hydrogens (tertiary/aromatic N) is 3. The van der Waals surface area contributed by atoms with Gasteiger partial charge in [0.1, 0.15) is 0 Å². The van der Waals surface area contributed by atoms with Gasteiger partial charge in [0.15, 0.2) is 5.69 Å². The van der Waals surface area contributed by atoms with Gasteiger partial charge in [0.05, 0.1) is 11.6 Å². The van der Waals surface area contributed by atoms with Crippen molar-refractivity contribution in [3.63, 3.8) is 0 Å². The summed E-state index contributed by atoms with van der Waals surface area (Å²) in [6.07, 6.45) is -3.20. The second-order valence-electron chi connectivity index (χ2n) is 5.77. The van der Waals surface area contributed by atoms with Gasteiger partial charge in [-0.05, 0) is 12.3 Å². The average Bonchev–Trinajstić information content (AvgIpc) is 2.78. The number of aromatic nitrogens is 2. The average molecular weight is 334 g/mol. The third-order valence-corrected chi connectivity index (χ3v) is 3.64. The topological polar surface area (TPSA) is 87.5 Å². The first-order valence-corrected chi connectivity index (χ1v) is 6.97. The molecule has 0 spiro atoms. The molecule has 2 amide bonds. The Morgan fingerprint density at radius 1 is 1.39 bits per heavy atom. The molecule has 1 aromatic heterocycles. The molecule has 7 nitrogen and oxygen atoms in total. The van der Waals surface area contributed by atoms with E-state index in [2.05, 4.69) is 10.4 Å². The van der Waals surface area contributed by atoms with Crippen LogP contribution >= 0.6 is 0 Å². The molecule has 1 aromatic rings. The Labute approximate surface area is 130 Å². The maximum absolute atomic E-state index is 12.9. The lowest BCUT2D eigenvalue weighted by Crippen LogP contribution is -2.47. The molecule has 1 fully saturated rings. The van der Waals surface area contributed by atoms with Gasteiger partial charge in [-0.2, -0.15) is 18.3 Å². The van der Waals surface area contributed by atoms with E-state index in [0.29, 0.717) is 6.42 Å². The van der Waals surface area contributed by atoms with Crippen LogP contribution in [0.3, 0.4) is 0 Å². The summed E-state index contributed by atoms with van der Waals surface area (Å²) in [5, 5.41) is 14.6. The number of piperidine rings is 1. The van der Waals surface area contributed by atoms with Crippen LogP contribution in [0.2, 0.25) is 0 Å². The summed E-state index contributed by atoms with van der Waals surface area (Å²) in [6.45, 7) is 2.05. The molecule has 1 saturated heterocycles. The number of carbonyl (C=O) groups excluding carboxylic acids is 1. The number of amides is 2. The van der Waals surface area contributed by atoms with E-state index in [4.69, 9.17) is 5.11 Å². The van der Waals surface area contributed by atoms with Gasteiger partial charge in [-0.1, -0.05) is 6.92 Å². The second kappa shape index (κ2) is 6.09. The van der Waals surface area contributed by atoms with Gasteiger partial charge >= 0.3 is 18.2 Å². The minimum atomic E-state index is -4.69. The summed E-state index contributed by atoms with van der Waals surface area (Å²) in [7, 11) is 1.31. The van der Waals surface area contributed by atoms with Gasteiger partial charge in [-0.15, -0.1) is 0 Å². The van der Waals surface area contributed by atoms with Crippen molar-refractivity contribution in [3.8, 4) is 0 Å². The lowest BCUT2D eigenvalue weighted by molar-refractivity contribution is -0.143. The number of likely N-dealkylation sites (tertiary alicyclic amines) is 1. The maximum Gasteiger partial charge on any atom is 0.437 e. The van der Waals surface area contributed by atoms with Gasteiger partial charge < -0.3 is 15.3 Å². The van der Waals surface area contributed by atoms with E-state index in [-0.39, 0.29) is 19.0 Å². The fourth-order valence-corrected chi connectivity index (χ4v) is 2.68. The molecule has 1 aliphatic rings. The van der Waals surface area contributed by atoms with Crippen molar-refractivity contribution in [2.75, 3.05) is 18.4 Å². The predicted octanol–water partition coefficient (Wildman–Crippen LogP) is 2.01. The standard InChI is InChI=1S/C13H17F3N4O3/c1-7-3-8(11(21)22)5-20(4-7)12(23)17-9-6-19(2)18-10(9)13(14,15)16/h6-8H,3-5H2,1-2H3,(H,17,23)(H,21,22). The van der Waals surface area contributed by atoms with Gasteiger partial charge in [0, 0.05) is 26.3 Å². The first-order valence-electron chi connectivity index (χ1n) is 6.97. The molecule has 128 valence electrons. The van der Waals surface area contributed by atoms with Gasteiger partial charge in [0.2, 0.25) is 0 Å². The van der Waals surface area contributed by atoms with Crippen LogP contribution < -0.4 is 5.32 Å². The molecule has 0 saturated carbocycles. The number of carbonyl (C=O) groups is 2. The lowest BCUT2D eigenvalue weighted by Gasteiger charge is -2.34. The summed E-state index contributed by atoms with van der Waals surface area (Å²) in [6, 6.07) is -0.763. The van der Waals surface area contributed by atoms with Crippen LogP contribution in [0.25, 0.3) is 0 Å². The zero-order valence-electron chi connectivity index (χ0n) is 12.6. The molecule has 0 bridgehead atoms. The normalized spacial score (nSPS) is 22.0. The molecular weight excluding hydrogens is 317 g/mol. The number of hydrogen-bond acceptors (Lipinski definition) is 3. The van der Waals surface area contributed by atoms with Gasteiger partial charge in [-0.25, -0.2) is 4.79 Å². The fourth-order valence-electron chi connectivity index (χ4n) is 2.68. The highest BCUT2D eigenvalue weighted by atomic mass is 19.4. The number of carboxylic acids is 1. The third-order valence-electron chi connectivity index (χ3n) is 3.64. The van der Waals surface area contributed by atoms with E-state index in [1.807, 2.05) is 0 Å². The summed E-state index contributed by atoms with van der Waals surface area (Å²) in [5.74, 6) is -1.79. The Balaban J connectivity index is 2.14. The molecule has 0 aromatic carbocycles. The van der Waals surface area contributed by atoms with E-state index in [1.54, 1.807) is 6.92 Å². The molecule has 0 aliphatic carbocycles. The highest BCUT2D eigenvalue weighted by Crippen LogP contribution is 2.33. The molecule has 2 heterocycles. The van der Waals surface area contributed by atoms with Crippen LogP contribution in [0.1, 0.15) is 19.0 Å². The molecule has 10 heteroatoms. The fraction of sp³-hybridized carbons (Fsp3) is 0.615. The number of rotatable bonds is 2. The molecule has 2 unspecified atom stereocenters. The van der Waals surface area contributed by atoms with Crippen molar-refractivity contribution in [3.05, 3.63) is 11.9 Å². The van der Waals surface area contributed by atoms with Crippen molar-refractivity contribution in [2.45, 2.75) is 19.5 Å². The van der Waals surface area contributed by atoms with E-state index in [9.17, 15) is 22.8 Å². The Hall–Kier alpha value is -2.26. The summed E-state index contributed by atoms with van der Waals surface area (Å²) < 4.78 is 39.6. The van der Waals surface area contributed by atoms with Crippen molar-refractivity contribution in [2.24, 2.45) is 18.9 Å². The number of carboxylic acid groups (broad SMARTS) is 1. The minimum absolute atomic E-state index is 0.0346. The maximum atomic E-state index is 12.9. The number of aliphatic carboxylic acids is 1. The van der Waals surface area contributed by atoms with Crippen LogP contribution in [0, 0.1) is 11.8 Å². The SMILES string of the molecule is CC1CC(C(=O)O)CN(C(=O)Nc2cn(C)nc2C(F)(F)F)C1. The molecule has 2 rings (SSSR count). The van der Waals surface area contributed by atoms with Crippen LogP contribution in [0.15, 0.2) is 6.20 Å². The highest BCUT2D eigenvalue weighted by Gasteiger charge is 2.38. The van der Waals surface area contributed by atoms with E-state index < -0.39 is 35.5 Å². The first kappa shape index (κ1) is 17.1. The number of nitrogens with one attached hydrogen (secondary N) is 1. The molecular formula is C13H17F3N4O3. The number of alkyl halides is 3. The van der Waals surface area contributed by atoms with E-state index in [1.165, 1.54) is 11.9 Å². The molecule has 2 N–H and O–H groups in total. The third kappa shape index (κ3) is 3.93. The number of aryl methyl sites for hydroxylation is 1. The zero-order chi connectivity index (χ0) is 17.4. The monoisotopic (exact) mass is 334 g/mol. The smallest absolute Gasteiger partial charge is 0.437 e. The molecule has 1 aliphatic heterocycles. The van der Waals surface area contributed by atoms with E-state index in [0.717, 1.165) is 10.9 Å². The number of anilines is 1. The van der Waals surface area contributed by atoms with Crippen LogP contribution in [0.4, 0.5) is 23.7 Å². The Bertz CT molecular complexity index is 614. The van der Waals surface area contributed by atoms with E-state index >= 15 is 0 Å². The minimum Gasteiger partial charge on any atom is -0.481 e. The zero-order valence-corrected chi connectivity index (χ0v) is 12.6. The summed E-state index contributed by atoms with van der Waals surface area (Å²) in [4.78, 5) is 24.5. The lowest BCUT2D eigenvalue weighted by atomic mass is 9.91. The highest BCUT2D eigenvalue weighted by molar-refractivity contribution is 5.90. The Morgan fingerprint density at radius 3 is 2.61 bits per heavy atom. The largest absolute Gasteiger partial charge is 0.481 e. The Kier molecular flexibility index (Phi) is 4.53. The second-order valence-corrected chi connectivity index (χ2v) is 5.77. The Morgan fingerprint density at radius 2 is 2.04 bits per heavy atom. The van der Waals surface area contributed by atoms with Crippen LogP contribution in [0.5, 0.6) is 0 Å². The van der Waals surface area contributed by atoms with Crippen molar-refractivity contribution in [1.29, 1.82) is 0 Å². The molecule has 23 heavy (non-hydrogen) atoms. The molecule has 0 radical (unpaired) electrons. The number of hydrogen-bond donors (Lipinski definition) is 2. The van der Waals surface area contributed by atoms with Crippen LogP contribution in [-0.2, 0) is 18.0 Å². The van der Waals surface area contributed by atoms with Gasteiger partial charge in [0.25, 0.3) is 0 Å². The predicted molar refractivity (Wildman–Crippen MR) is 73.7 cm³/mol. The first-order chi connectivity index (χ1) is 10.6. The van der Waals surface area contributed by atoms with Crippen LogP contribution in [-0.4, -0.2) is 44.9 Å². The van der Waals surface area contributed by atoms with Crippen molar-refractivity contribution < 1.29 is 27.9 Å². The van der Waals surface area contributed by atoms with Gasteiger partial charge in [-0.3, -0.25) is 9.48 Å². The summed E-state index contributed by atoms with van der Waals surface area (Å²) >= 11 is 0. The summed E-state index contributed by atoms with van der Waals surface area (Å²) in [5.41, 5.74) is -1.64. The number of urea groups is 1. The van der Waals surface area contributed by atoms with Crippen molar-refractivity contribution in [1.82, 2.24) is 14.7 Å². The quantitative estimate of drug-likeness (QED) is 0.866. The molecule has 2 atom stereocenters. The van der Waals surface area contributed by atoms with Crippen molar-refractivity contribution >= 4 is 17.7 Å².